The summed E-state index contributed by atoms with van der Waals surface area (Å²) in [7, 11) is 0. The van der Waals surface area contributed by atoms with Gasteiger partial charge < -0.3 is 20.5 Å². The number of halogens is 3. The predicted octanol–water partition coefficient (Wildman–Crippen LogP) is 5.31. The number of hydrogen-bond acceptors (Lipinski definition) is 5. The van der Waals surface area contributed by atoms with Gasteiger partial charge in [0.15, 0.2) is 0 Å². The van der Waals surface area contributed by atoms with Crippen molar-refractivity contribution in [3.05, 3.63) is 86.8 Å². The third-order valence-corrected chi connectivity index (χ3v) is 7.83. The highest BCUT2D eigenvalue weighted by molar-refractivity contribution is 6.31. The average Bonchev–Trinajstić information content (AvgIpc) is 3.14. The van der Waals surface area contributed by atoms with Crippen LogP contribution in [0.15, 0.2) is 48.7 Å². The molecule has 1 fully saturated rings. The first-order chi connectivity index (χ1) is 18.3. The summed E-state index contributed by atoms with van der Waals surface area (Å²) < 4.78 is 20.4. The van der Waals surface area contributed by atoms with E-state index in [-0.39, 0.29) is 22.9 Å². The molecule has 8 nitrogen and oxygen atoms in total. The second kappa shape index (κ2) is 9.50. The minimum Gasteiger partial charge on any atom is -0.478 e. The molecule has 3 aromatic rings. The fraction of sp³-hybridized carbons (Fsp3) is 0.286. The summed E-state index contributed by atoms with van der Waals surface area (Å²) in [4.78, 5) is 43.6. The van der Waals surface area contributed by atoms with Gasteiger partial charge in [0.1, 0.15) is 11.2 Å². The van der Waals surface area contributed by atoms with E-state index in [2.05, 4.69) is 15.6 Å². The van der Waals surface area contributed by atoms with Gasteiger partial charge in [-0.05, 0) is 67.8 Å². The lowest BCUT2D eigenvalue weighted by Crippen LogP contribution is -2.57. The highest BCUT2D eigenvalue weighted by atomic mass is 35.5. The van der Waals surface area contributed by atoms with Gasteiger partial charge in [-0.1, -0.05) is 35.3 Å². The monoisotopic (exact) mass is 571 g/mol. The Balaban J connectivity index is 1.82. The summed E-state index contributed by atoms with van der Waals surface area (Å²) in [5.74, 6) is -3.66. The van der Waals surface area contributed by atoms with Gasteiger partial charge in [-0.3, -0.25) is 9.59 Å². The number of anilines is 1. The molecule has 0 radical (unpaired) electrons. The van der Waals surface area contributed by atoms with Crippen LogP contribution in [-0.2, 0) is 19.8 Å². The normalized spacial score (nSPS) is 22.3. The van der Waals surface area contributed by atoms with Crippen molar-refractivity contribution < 1.29 is 28.6 Å². The zero-order valence-corrected chi connectivity index (χ0v) is 22.7. The summed E-state index contributed by atoms with van der Waals surface area (Å²) in [6, 6.07) is 9.62. The summed E-state index contributed by atoms with van der Waals surface area (Å²) >= 11 is 12.6. The number of amides is 2. The molecule has 1 saturated heterocycles. The lowest BCUT2D eigenvalue weighted by atomic mass is 9.59. The Morgan fingerprint density at radius 1 is 1.13 bits per heavy atom. The fourth-order valence-corrected chi connectivity index (χ4v) is 5.84. The number of carboxylic acid groups (broad SMARTS) is 1. The number of carbonyl (C=O) groups excluding carboxylic acids is 2. The maximum Gasteiger partial charge on any atom is 0.347 e. The number of aryl methyl sites for hydroxylation is 1. The number of rotatable bonds is 5. The van der Waals surface area contributed by atoms with E-state index in [1.807, 2.05) is 0 Å². The van der Waals surface area contributed by atoms with Crippen molar-refractivity contribution in [3.8, 4) is 5.88 Å². The van der Waals surface area contributed by atoms with Gasteiger partial charge in [0.05, 0.1) is 11.1 Å². The minimum absolute atomic E-state index is 0.0872. The van der Waals surface area contributed by atoms with Crippen LogP contribution >= 0.6 is 23.2 Å². The SMILES string of the molecule is Cc1ccc(F)cc1C1NC(=O)CC(c2cc(Cl)cnc2OC(C)(C)C(=O)O)C12C(=O)Nc1cc(Cl)ccc12. The molecule has 1 spiro atoms. The van der Waals surface area contributed by atoms with Gasteiger partial charge in [-0.15, -0.1) is 0 Å². The molecular weight excluding hydrogens is 548 g/mol. The smallest absolute Gasteiger partial charge is 0.347 e. The summed E-state index contributed by atoms with van der Waals surface area (Å²) in [6.07, 6.45) is 1.11. The van der Waals surface area contributed by atoms with E-state index < -0.39 is 46.6 Å². The van der Waals surface area contributed by atoms with Crippen LogP contribution in [0, 0.1) is 12.7 Å². The average molecular weight is 572 g/mol. The molecule has 3 unspecified atom stereocenters. The fourth-order valence-electron chi connectivity index (χ4n) is 5.51. The quantitative estimate of drug-likeness (QED) is 0.382. The van der Waals surface area contributed by atoms with Crippen LogP contribution in [-0.4, -0.2) is 33.5 Å². The van der Waals surface area contributed by atoms with Crippen molar-refractivity contribution in [2.45, 2.75) is 50.2 Å². The molecule has 1 aromatic heterocycles. The number of carbonyl (C=O) groups is 3. The van der Waals surface area contributed by atoms with E-state index in [1.165, 1.54) is 38.2 Å². The Hall–Kier alpha value is -3.69. The number of aliphatic carboxylic acids is 1. The van der Waals surface area contributed by atoms with Crippen molar-refractivity contribution in [2.75, 3.05) is 5.32 Å². The van der Waals surface area contributed by atoms with Crippen LogP contribution in [0.5, 0.6) is 5.88 Å². The van der Waals surface area contributed by atoms with Crippen molar-refractivity contribution in [3.63, 3.8) is 0 Å². The Morgan fingerprint density at radius 2 is 1.87 bits per heavy atom. The first-order valence-corrected chi connectivity index (χ1v) is 12.8. The molecule has 0 aliphatic carbocycles. The number of nitrogens with zero attached hydrogens (tertiary/aromatic N) is 1. The maximum absolute atomic E-state index is 14.6. The Morgan fingerprint density at radius 3 is 2.59 bits per heavy atom. The molecule has 3 N–H and O–H groups in total. The van der Waals surface area contributed by atoms with E-state index in [9.17, 15) is 23.9 Å². The van der Waals surface area contributed by atoms with Crippen molar-refractivity contribution in [2.24, 2.45) is 0 Å². The first-order valence-electron chi connectivity index (χ1n) is 12.1. The number of pyridine rings is 1. The summed E-state index contributed by atoms with van der Waals surface area (Å²) in [6.45, 7) is 4.48. The molecular formula is C28H24Cl2FN3O5. The van der Waals surface area contributed by atoms with Crippen LogP contribution in [0.3, 0.4) is 0 Å². The highest BCUT2D eigenvalue weighted by Crippen LogP contribution is 2.59. The van der Waals surface area contributed by atoms with Crippen molar-refractivity contribution >= 4 is 46.7 Å². The van der Waals surface area contributed by atoms with Crippen LogP contribution in [0.4, 0.5) is 10.1 Å². The molecule has 202 valence electrons. The third-order valence-electron chi connectivity index (χ3n) is 7.39. The van der Waals surface area contributed by atoms with E-state index in [0.717, 1.165) is 0 Å². The summed E-state index contributed by atoms with van der Waals surface area (Å²) in [5.41, 5.74) is -0.913. The molecule has 11 heteroatoms. The van der Waals surface area contributed by atoms with Crippen LogP contribution in [0.25, 0.3) is 0 Å². The van der Waals surface area contributed by atoms with Crippen molar-refractivity contribution in [1.82, 2.24) is 10.3 Å². The molecule has 3 atom stereocenters. The second-order valence-corrected chi connectivity index (χ2v) is 11.1. The molecule has 3 heterocycles. The largest absolute Gasteiger partial charge is 0.478 e. The first kappa shape index (κ1) is 26.9. The van der Waals surface area contributed by atoms with E-state index in [4.69, 9.17) is 27.9 Å². The number of hydrogen-bond donors (Lipinski definition) is 3. The zero-order chi connectivity index (χ0) is 28.3. The van der Waals surface area contributed by atoms with Gasteiger partial charge in [0, 0.05) is 34.8 Å². The van der Waals surface area contributed by atoms with Gasteiger partial charge >= 0.3 is 5.97 Å². The predicted molar refractivity (Wildman–Crippen MR) is 143 cm³/mol. The van der Waals surface area contributed by atoms with Gasteiger partial charge in [0.2, 0.25) is 23.3 Å². The van der Waals surface area contributed by atoms with Crippen LogP contribution in [0.2, 0.25) is 10.0 Å². The maximum atomic E-state index is 14.6. The molecule has 0 saturated carbocycles. The topological polar surface area (TPSA) is 118 Å². The number of fused-ring (bicyclic) bond motifs is 2. The third kappa shape index (κ3) is 4.39. The molecule has 39 heavy (non-hydrogen) atoms. The van der Waals surface area contributed by atoms with Gasteiger partial charge in [-0.2, -0.15) is 0 Å². The van der Waals surface area contributed by atoms with E-state index in [0.29, 0.717) is 27.4 Å². The Kier molecular flexibility index (Phi) is 6.55. The molecule has 2 aliphatic heterocycles. The molecule has 2 amide bonds. The molecule has 2 aromatic carbocycles. The van der Waals surface area contributed by atoms with Gasteiger partial charge in [0.25, 0.3) is 0 Å². The van der Waals surface area contributed by atoms with E-state index in [1.54, 1.807) is 31.2 Å². The van der Waals surface area contributed by atoms with Crippen LogP contribution in [0.1, 0.15) is 54.5 Å². The number of aromatic nitrogens is 1. The van der Waals surface area contributed by atoms with Gasteiger partial charge in [-0.25, -0.2) is 14.2 Å². The second-order valence-electron chi connectivity index (χ2n) is 10.2. The highest BCUT2D eigenvalue weighted by Gasteiger charge is 2.62. The molecule has 5 rings (SSSR count). The lowest BCUT2D eigenvalue weighted by molar-refractivity contribution is -0.152. The van der Waals surface area contributed by atoms with Crippen LogP contribution < -0.4 is 15.4 Å². The zero-order valence-electron chi connectivity index (χ0n) is 21.1. The lowest BCUT2D eigenvalue weighted by Gasteiger charge is -2.47. The Bertz CT molecular complexity index is 1550. The molecule has 0 bridgehead atoms. The van der Waals surface area contributed by atoms with E-state index >= 15 is 0 Å². The number of carboxylic acids is 1. The molecule has 2 aliphatic rings. The Labute approximate surface area is 233 Å². The summed E-state index contributed by atoms with van der Waals surface area (Å²) in [5, 5.41) is 16.1. The number of piperidine rings is 1. The number of nitrogens with one attached hydrogen (secondary N) is 2. The minimum atomic E-state index is -1.69. The number of ether oxygens (including phenoxy) is 1. The van der Waals surface area contributed by atoms with Crippen molar-refractivity contribution in [1.29, 1.82) is 0 Å². The standard InChI is InChI=1S/C28H24Cl2FN3O5/c1-13-4-6-16(31)10-17(13)23-28(19-7-5-14(29)9-21(19)33-25(28)36)20(11-22(35)34-23)18-8-15(30)12-32-24(18)39-27(2,3)26(37)38/h4-10,12,20,23H,11H2,1-3H3,(H,33,36)(H,34,35)(H,37,38). The number of benzene rings is 2.